The number of allylic oxidation sites excluding steroid dienone is 1. The molecule has 0 aliphatic rings. The first kappa shape index (κ1) is 14.5. The average Bonchev–Trinajstić information content (AvgIpc) is 2.97. The summed E-state index contributed by atoms with van der Waals surface area (Å²) in [7, 11) is 0. The topological polar surface area (TPSA) is 29.9 Å². The number of unbranched alkanes of at least 4 members (excludes halogenated alkanes) is 1. The molecule has 0 aliphatic heterocycles. The van der Waals surface area contributed by atoms with E-state index in [1.807, 2.05) is 35.2 Å². The van der Waals surface area contributed by atoms with E-state index in [1.54, 1.807) is 0 Å². The van der Waals surface area contributed by atoms with Crippen LogP contribution >= 0.6 is 0 Å². The van der Waals surface area contributed by atoms with Crippen LogP contribution in [0.3, 0.4) is 0 Å². The average molecular weight is 269 g/mol. The molecule has 2 rings (SSSR count). The van der Waals surface area contributed by atoms with Crippen LogP contribution in [0.4, 0.5) is 0 Å². The van der Waals surface area contributed by atoms with E-state index in [9.17, 15) is 0 Å². The van der Waals surface area contributed by atoms with E-state index < -0.39 is 0 Å². The lowest BCUT2D eigenvalue weighted by Gasteiger charge is -2.15. The normalized spacial score (nSPS) is 12.2. The predicted octanol–water partition coefficient (Wildman–Crippen LogP) is 3.88. The summed E-state index contributed by atoms with van der Waals surface area (Å²) < 4.78 is 1.94. The minimum absolute atomic E-state index is 0.324. The van der Waals surface area contributed by atoms with Crippen molar-refractivity contribution in [2.24, 2.45) is 0 Å². The van der Waals surface area contributed by atoms with Gasteiger partial charge in [0.1, 0.15) is 0 Å². The van der Waals surface area contributed by atoms with Gasteiger partial charge in [-0.2, -0.15) is 5.10 Å². The second-order valence-electron chi connectivity index (χ2n) is 4.85. The summed E-state index contributed by atoms with van der Waals surface area (Å²) in [6, 6.07) is 12.6. The Balaban J connectivity index is 2.10. The van der Waals surface area contributed by atoms with Gasteiger partial charge in [-0.05, 0) is 44.0 Å². The molecule has 0 spiro atoms. The molecule has 0 saturated carbocycles. The van der Waals surface area contributed by atoms with Crippen LogP contribution in [0.5, 0.6) is 0 Å². The number of nitrogens with zero attached hydrogens (tertiary/aromatic N) is 2. The van der Waals surface area contributed by atoms with Crippen LogP contribution in [-0.4, -0.2) is 16.3 Å². The van der Waals surface area contributed by atoms with E-state index in [0.29, 0.717) is 6.04 Å². The van der Waals surface area contributed by atoms with Gasteiger partial charge in [0.15, 0.2) is 0 Å². The van der Waals surface area contributed by atoms with Crippen LogP contribution in [0.25, 0.3) is 5.69 Å². The lowest BCUT2D eigenvalue weighted by atomic mass is 10.1. The zero-order chi connectivity index (χ0) is 14.2. The fourth-order valence-corrected chi connectivity index (χ4v) is 2.32. The Morgan fingerprint density at radius 3 is 2.80 bits per heavy atom. The summed E-state index contributed by atoms with van der Waals surface area (Å²) in [5.41, 5.74) is 2.21. The Morgan fingerprint density at radius 2 is 2.10 bits per heavy atom. The predicted molar refractivity (Wildman–Crippen MR) is 84.0 cm³/mol. The number of nitrogens with one attached hydrogen (secondary N) is 1. The van der Waals surface area contributed by atoms with Crippen molar-refractivity contribution in [1.82, 2.24) is 15.1 Å². The van der Waals surface area contributed by atoms with Gasteiger partial charge in [-0.25, -0.2) is 4.68 Å². The first-order chi connectivity index (χ1) is 9.85. The van der Waals surface area contributed by atoms with E-state index in [4.69, 9.17) is 5.10 Å². The lowest BCUT2D eigenvalue weighted by molar-refractivity contribution is 0.486. The van der Waals surface area contributed by atoms with Gasteiger partial charge in [-0.3, -0.25) is 0 Å². The molecule has 1 aromatic heterocycles. The Kier molecular flexibility index (Phi) is 5.56. The van der Waals surface area contributed by atoms with Crippen molar-refractivity contribution in [3.05, 3.63) is 60.9 Å². The third-order valence-electron chi connectivity index (χ3n) is 3.34. The van der Waals surface area contributed by atoms with Crippen molar-refractivity contribution in [2.45, 2.75) is 32.2 Å². The minimum Gasteiger partial charge on any atom is -0.309 e. The van der Waals surface area contributed by atoms with E-state index in [2.05, 4.69) is 37.0 Å². The third kappa shape index (κ3) is 3.81. The summed E-state index contributed by atoms with van der Waals surface area (Å²) in [4.78, 5) is 0. The van der Waals surface area contributed by atoms with Gasteiger partial charge < -0.3 is 5.32 Å². The molecule has 0 radical (unpaired) electrons. The van der Waals surface area contributed by atoms with Gasteiger partial charge in [0.25, 0.3) is 0 Å². The molecule has 2 aromatic rings. The Hall–Kier alpha value is -1.87. The molecule has 3 nitrogen and oxygen atoms in total. The zero-order valence-electron chi connectivity index (χ0n) is 12.1. The first-order valence-electron chi connectivity index (χ1n) is 7.30. The van der Waals surface area contributed by atoms with Gasteiger partial charge in [0, 0.05) is 6.20 Å². The third-order valence-corrected chi connectivity index (χ3v) is 3.34. The summed E-state index contributed by atoms with van der Waals surface area (Å²) in [6.45, 7) is 6.87. The molecule has 0 aliphatic carbocycles. The molecule has 20 heavy (non-hydrogen) atoms. The molecule has 1 atom stereocenters. The highest BCUT2D eigenvalue weighted by molar-refractivity contribution is 5.30. The van der Waals surface area contributed by atoms with Gasteiger partial charge in [-0.1, -0.05) is 31.2 Å². The maximum absolute atomic E-state index is 4.71. The number of hydrogen-bond donors (Lipinski definition) is 1. The van der Waals surface area contributed by atoms with Crippen LogP contribution in [0.15, 0.2) is 55.3 Å². The quantitative estimate of drug-likeness (QED) is 0.582. The van der Waals surface area contributed by atoms with Crippen molar-refractivity contribution in [2.75, 3.05) is 6.54 Å². The highest BCUT2D eigenvalue weighted by Crippen LogP contribution is 2.19. The van der Waals surface area contributed by atoms with Gasteiger partial charge >= 0.3 is 0 Å². The van der Waals surface area contributed by atoms with E-state index in [0.717, 1.165) is 37.2 Å². The molecule has 0 saturated heterocycles. The molecule has 0 bridgehead atoms. The van der Waals surface area contributed by atoms with Crippen molar-refractivity contribution in [3.8, 4) is 5.69 Å². The second kappa shape index (κ2) is 7.65. The molecule has 1 aromatic carbocycles. The number of aromatic nitrogens is 2. The first-order valence-corrected chi connectivity index (χ1v) is 7.30. The fraction of sp³-hybridized carbons (Fsp3) is 0.353. The molecule has 1 heterocycles. The summed E-state index contributed by atoms with van der Waals surface area (Å²) in [6.07, 6.45) is 7.29. The number of para-hydroxylation sites is 1. The van der Waals surface area contributed by atoms with Crippen LogP contribution in [-0.2, 0) is 0 Å². The minimum atomic E-state index is 0.324. The highest BCUT2D eigenvalue weighted by Gasteiger charge is 2.13. The van der Waals surface area contributed by atoms with E-state index in [1.165, 1.54) is 0 Å². The summed E-state index contributed by atoms with van der Waals surface area (Å²) in [5.74, 6) is 0. The van der Waals surface area contributed by atoms with Crippen LogP contribution in [0.1, 0.15) is 37.9 Å². The number of benzene rings is 1. The SMILES string of the molecule is C=CCCCC(NCC)c1ccn(-c2ccccc2)n1. The molecular weight excluding hydrogens is 246 g/mol. The standard InChI is InChI=1S/C17H23N3/c1-3-5-7-12-16(18-4-2)17-13-14-20(19-17)15-10-8-6-9-11-15/h3,6,8-11,13-14,16,18H,1,4-5,7,12H2,2H3. The van der Waals surface area contributed by atoms with Crippen molar-refractivity contribution in [3.63, 3.8) is 0 Å². The molecule has 0 amide bonds. The smallest absolute Gasteiger partial charge is 0.0798 e. The number of rotatable bonds is 8. The molecule has 106 valence electrons. The maximum Gasteiger partial charge on any atom is 0.0798 e. The maximum atomic E-state index is 4.71. The van der Waals surface area contributed by atoms with Crippen LogP contribution in [0.2, 0.25) is 0 Å². The van der Waals surface area contributed by atoms with E-state index in [-0.39, 0.29) is 0 Å². The monoisotopic (exact) mass is 269 g/mol. The van der Waals surface area contributed by atoms with Crippen molar-refractivity contribution in [1.29, 1.82) is 0 Å². The molecular formula is C17H23N3. The van der Waals surface area contributed by atoms with Crippen LogP contribution < -0.4 is 5.32 Å². The highest BCUT2D eigenvalue weighted by atomic mass is 15.3. The van der Waals surface area contributed by atoms with Gasteiger partial charge in [0.05, 0.1) is 17.4 Å². The Bertz CT molecular complexity index is 516. The molecule has 3 heteroatoms. The molecule has 0 fully saturated rings. The molecule has 1 unspecified atom stereocenters. The summed E-state index contributed by atoms with van der Waals surface area (Å²) in [5, 5.41) is 8.22. The number of hydrogen-bond acceptors (Lipinski definition) is 2. The second-order valence-corrected chi connectivity index (χ2v) is 4.85. The van der Waals surface area contributed by atoms with Crippen molar-refractivity contribution < 1.29 is 0 Å². The fourth-order valence-electron chi connectivity index (χ4n) is 2.32. The van der Waals surface area contributed by atoms with Crippen molar-refractivity contribution >= 4 is 0 Å². The van der Waals surface area contributed by atoms with Crippen LogP contribution in [0, 0.1) is 0 Å². The summed E-state index contributed by atoms with van der Waals surface area (Å²) >= 11 is 0. The van der Waals surface area contributed by atoms with Gasteiger partial charge in [0.2, 0.25) is 0 Å². The van der Waals surface area contributed by atoms with E-state index >= 15 is 0 Å². The lowest BCUT2D eigenvalue weighted by Crippen LogP contribution is -2.21. The van der Waals surface area contributed by atoms with Gasteiger partial charge in [-0.15, -0.1) is 6.58 Å². The largest absolute Gasteiger partial charge is 0.309 e. The Morgan fingerprint density at radius 1 is 1.30 bits per heavy atom. The Labute approximate surface area is 121 Å². The molecule has 1 N–H and O–H groups in total. The zero-order valence-corrected chi connectivity index (χ0v) is 12.1.